The normalized spacial score (nSPS) is 11.2. The van der Waals surface area contributed by atoms with E-state index in [1.807, 2.05) is 0 Å². The van der Waals surface area contributed by atoms with Crippen molar-refractivity contribution in [1.82, 2.24) is 0 Å². The fourth-order valence-electron chi connectivity index (χ4n) is 1.69. The number of halogens is 2. The standard InChI is InChI=1S/C13H12ClFN2O3S/c1-20-11-6-5-8(16)7-12(11)21(18,19)17-10-4-2-3-9(14)13(10)15/h2-7,17H,16H2,1H3. The summed E-state index contributed by atoms with van der Waals surface area (Å²) in [6.07, 6.45) is 0. The van der Waals surface area contributed by atoms with Crippen LogP contribution in [0.15, 0.2) is 41.3 Å². The summed E-state index contributed by atoms with van der Waals surface area (Å²) in [7, 11) is -2.75. The molecule has 0 aromatic heterocycles. The van der Waals surface area contributed by atoms with Gasteiger partial charge in [0.1, 0.15) is 10.6 Å². The maximum Gasteiger partial charge on any atom is 0.265 e. The van der Waals surface area contributed by atoms with Gasteiger partial charge in [-0.1, -0.05) is 17.7 Å². The Balaban J connectivity index is 2.48. The second-order valence-electron chi connectivity index (χ2n) is 4.12. The van der Waals surface area contributed by atoms with Crippen LogP contribution in [0.3, 0.4) is 0 Å². The summed E-state index contributed by atoms with van der Waals surface area (Å²) in [5.74, 6) is -0.759. The number of methoxy groups -OCH3 is 1. The third-order valence-electron chi connectivity index (χ3n) is 2.67. The van der Waals surface area contributed by atoms with Crippen LogP contribution in [0.1, 0.15) is 0 Å². The van der Waals surface area contributed by atoms with Crippen molar-refractivity contribution in [2.45, 2.75) is 4.90 Å². The molecule has 2 aromatic carbocycles. The van der Waals surface area contributed by atoms with Crippen LogP contribution in [0.4, 0.5) is 15.8 Å². The lowest BCUT2D eigenvalue weighted by Gasteiger charge is -2.13. The largest absolute Gasteiger partial charge is 0.495 e. The Morgan fingerprint density at radius 1 is 1.29 bits per heavy atom. The number of sulfonamides is 1. The lowest BCUT2D eigenvalue weighted by atomic mass is 10.3. The van der Waals surface area contributed by atoms with E-state index >= 15 is 0 Å². The van der Waals surface area contributed by atoms with Crippen LogP contribution in [-0.2, 0) is 10.0 Å². The van der Waals surface area contributed by atoms with E-state index in [4.69, 9.17) is 22.1 Å². The number of nitrogen functional groups attached to an aromatic ring is 1. The molecule has 112 valence electrons. The molecule has 5 nitrogen and oxygen atoms in total. The van der Waals surface area contributed by atoms with Crippen LogP contribution < -0.4 is 15.2 Å². The predicted octanol–water partition coefficient (Wildman–Crippen LogP) is 2.87. The topological polar surface area (TPSA) is 81.4 Å². The highest BCUT2D eigenvalue weighted by molar-refractivity contribution is 7.92. The van der Waals surface area contributed by atoms with Gasteiger partial charge in [0.15, 0.2) is 5.82 Å². The SMILES string of the molecule is COc1ccc(N)cc1S(=O)(=O)Nc1cccc(Cl)c1F. The van der Waals surface area contributed by atoms with Crippen LogP contribution in [0.2, 0.25) is 5.02 Å². The van der Waals surface area contributed by atoms with Gasteiger partial charge in [-0.2, -0.15) is 0 Å². The molecule has 8 heteroatoms. The Hall–Kier alpha value is -1.99. The number of benzene rings is 2. The quantitative estimate of drug-likeness (QED) is 0.845. The van der Waals surface area contributed by atoms with Gasteiger partial charge in [-0.25, -0.2) is 12.8 Å². The second-order valence-corrected chi connectivity index (χ2v) is 6.18. The van der Waals surface area contributed by atoms with E-state index in [-0.39, 0.29) is 27.0 Å². The molecule has 0 heterocycles. The van der Waals surface area contributed by atoms with E-state index in [1.165, 1.54) is 43.5 Å². The summed E-state index contributed by atoms with van der Waals surface area (Å²) in [4.78, 5) is -0.190. The molecule has 0 bridgehead atoms. The van der Waals surface area contributed by atoms with Gasteiger partial charge in [0.2, 0.25) is 0 Å². The maximum atomic E-state index is 13.8. The minimum atomic E-state index is -4.07. The molecular formula is C13H12ClFN2O3S. The van der Waals surface area contributed by atoms with Gasteiger partial charge in [-0.15, -0.1) is 0 Å². The summed E-state index contributed by atoms with van der Waals surface area (Å²) in [6, 6.07) is 8.15. The van der Waals surface area contributed by atoms with Crippen LogP contribution in [-0.4, -0.2) is 15.5 Å². The lowest BCUT2D eigenvalue weighted by molar-refractivity contribution is 0.403. The third kappa shape index (κ3) is 3.20. The third-order valence-corrected chi connectivity index (χ3v) is 4.35. The first-order valence-electron chi connectivity index (χ1n) is 5.75. The van der Waals surface area contributed by atoms with Gasteiger partial charge in [-0.05, 0) is 30.3 Å². The van der Waals surface area contributed by atoms with E-state index in [9.17, 15) is 12.8 Å². The molecule has 21 heavy (non-hydrogen) atoms. The molecule has 0 amide bonds. The Morgan fingerprint density at radius 3 is 2.67 bits per heavy atom. The number of rotatable bonds is 4. The second kappa shape index (κ2) is 5.79. The summed E-state index contributed by atoms with van der Waals surface area (Å²) in [5, 5.41) is -0.185. The van der Waals surface area contributed by atoms with Gasteiger partial charge in [0, 0.05) is 5.69 Å². The molecule has 0 saturated carbocycles. The van der Waals surface area contributed by atoms with E-state index in [1.54, 1.807) is 0 Å². The molecule has 2 aromatic rings. The first-order chi connectivity index (χ1) is 9.85. The summed E-state index contributed by atoms with van der Waals surface area (Å²) in [5.41, 5.74) is 5.56. The molecule has 0 atom stereocenters. The fraction of sp³-hybridized carbons (Fsp3) is 0.0769. The van der Waals surface area contributed by atoms with Gasteiger partial charge >= 0.3 is 0 Å². The molecule has 0 unspecified atom stereocenters. The highest BCUT2D eigenvalue weighted by Gasteiger charge is 2.22. The number of anilines is 2. The molecule has 0 radical (unpaired) electrons. The van der Waals surface area contributed by atoms with Crippen LogP contribution in [0.5, 0.6) is 5.75 Å². The summed E-state index contributed by atoms with van der Waals surface area (Å²) < 4.78 is 45.6. The minimum absolute atomic E-state index is 0.0964. The van der Waals surface area contributed by atoms with Crippen molar-refractivity contribution in [3.63, 3.8) is 0 Å². The highest BCUT2D eigenvalue weighted by Crippen LogP contribution is 2.29. The average molecular weight is 331 g/mol. The molecule has 3 N–H and O–H groups in total. The van der Waals surface area contributed by atoms with Gasteiger partial charge < -0.3 is 10.5 Å². The number of nitrogens with two attached hydrogens (primary N) is 1. The monoisotopic (exact) mass is 330 g/mol. The van der Waals surface area contributed by atoms with E-state index in [2.05, 4.69) is 4.72 Å². The predicted molar refractivity (Wildman–Crippen MR) is 79.6 cm³/mol. The van der Waals surface area contributed by atoms with Gasteiger partial charge in [0.25, 0.3) is 10.0 Å². The Morgan fingerprint density at radius 2 is 2.00 bits per heavy atom. The Bertz CT molecular complexity index is 781. The number of ether oxygens (including phenoxy) is 1. The van der Waals surface area contributed by atoms with Crippen molar-refractivity contribution in [2.75, 3.05) is 17.6 Å². The first-order valence-corrected chi connectivity index (χ1v) is 7.61. The van der Waals surface area contributed by atoms with E-state index in [0.29, 0.717) is 0 Å². The van der Waals surface area contributed by atoms with Crippen molar-refractivity contribution in [3.05, 3.63) is 47.2 Å². The van der Waals surface area contributed by atoms with Crippen molar-refractivity contribution in [1.29, 1.82) is 0 Å². The zero-order valence-corrected chi connectivity index (χ0v) is 12.5. The van der Waals surface area contributed by atoms with Gasteiger partial charge in [-0.3, -0.25) is 4.72 Å². The smallest absolute Gasteiger partial charge is 0.265 e. The van der Waals surface area contributed by atoms with Crippen LogP contribution >= 0.6 is 11.6 Å². The molecule has 0 spiro atoms. The van der Waals surface area contributed by atoms with Crippen molar-refractivity contribution < 1.29 is 17.5 Å². The van der Waals surface area contributed by atoms with Crippen molar-refractivity contribution >= 4 is 33.0 Å². The molecular weight excluding hydrogens is 319 g/mol. The molecule has 2 rings (SSSR count). The van der Waals surface area contributed by atoms with Crippen LogP contribution in [0.25, 0.3) is 0 Å². The number of nitrogens with one attached hydrogen (secondary N) is 1. The summed E-state index contributed by atoms with van der Waals surface area (Å²) in [6.45, 7) is 0. The average Bonchev–Trinajstić information content (AvgIpc) is 2.44. The first kappa shape index (κ1) is 15.4. The zero-order chi connectivity index (χ0) is 15.6. The highest BCUT2D eigenvalue weighted by atomic mass is 35.5. The number of hydrogen-bond donors (Lipinski definition) is 2. The molecule has 0 fully saturated rings. The molecule has 0 aliphatic carbocycles. The number of hydrogen-bond acceptors (Lipinski definition) is 4. The van der Waals surface area contributed by atoms with Crippen LogP contribution in [0, 0.1) is 5.82 Å². The maximum absolute atomic E-state index is 13.8. The Labute approximate surface area is 126 Å². The minimum Gasteiger partial charge on any atom is -0.495 e. The van der Waals surface area contributed by atoms with E-state index in [0.717, 1.165) is 0 Å². The fourth-order valence-corrected chi connectivity index (χ4v) is 3.12. The summed E-state index contributed by atoms with van der Waals surface area (Å²) >= 11 is 5.62. The molecule has 0 aliphatic heterocycles. The Kier molecular flexibility index (Phi) is 4.24. The van der Waals surface area contributed by atoms with E-state index < -0.39 is 15.8 Å². The molecule has 0 saturated heterocycles. The van der Waals surface area contributed by atoms with Gasteiger partial charge in [0.05, 0.1) is 17.8 Å². The lowest BCUT2D eigenvalue weighted by Crippen LogP contribution is -2.15. The van der Waals surface area contributed by atoms with Crippen molar-refractivity contribution in [3.8, 4) is 5.75 Å². The molecule has 0 aliphatic rings. The zero-order valence-electron chi connectivity index (χ0n) is 10.9. The van der Waals surface area contributed by atoms with Crippen molar-refractivity contribution in [2.24, 2.45) is 0 Å².